The highest BCUT2D eigenvalue weighted by Gasteiger charge is 2.29. The van der Waals surface area contributed by atoms with E-state index in [1.807, 2.05) is 0 Å². The number of nitrogens with two attached hydrogens (primary N) is 1. The largest absolute Gasteiger partial charge is 0.416 e. The van der Waals surface area contributed by atoms with Crippen molar-refractivity contribution < 1.29 is 22.4 Å². The first kappa shape index (κ1) is 13.3. The fourth-order valence-corrected chi connectivity index (χ4v) is 1.16. The van der Waals surface area contributed by atoms with E-state index in [9.17, 15) is 22.4 Å². The Morgan fingerprint density at radius 2 is 1.82 bits per heavy atom. The molecule has 1 rings (SSSR count). The zero-order valence-corrected chi connectivity index (χ0v) is 8.59. The standard InChI is InChI=1S/C10H10F4N2O/c11-8(5-9(15)17)16-7-3-1-6(2-4-7)10(12,13)14/h1-4,8,16H,5H2,(H2,15,17)/t8-/m1/s1. The molecule has 0 heterocycles. The van der Waals surface area contributed by atoms with Crippen LogP contribution in [0.3, 0.4) is 0 Å². The van der Waals surface area contributed by atoms with Gasteiger partial charge in [0, 0.05) is 5.69 Å². The second kappa shape index (κ2) is 5.03. The predicted molar refractivity (Wildman–Crippen MR) is 53.8 cm³/mol. The maximum atomic E-state index is 13.0. The number of alkyl halides is 4. The van der Waals surface area contributed by atoms with Crippen molar-refractivity contribution in [2.24, 2.45) is 5.73 Å². The molecule has 0 unspecified atom stereocenters. The van der Waals surface area contributed by atoms with Crippen LogP contribution in [0, 0.1) is 0 Å². The van der Waals surface area contributed by atoms with Crippen LogP contribution in [0.15, 0.2) is 24.3 Å². The zero-order valence-electron chi connectivity index (χ0n) is 8.59. The van der Waals surface area contributed by atoms with Crippen molar-refractivity contribution in [2.45, 2.75) is 18.9 Å². The van der Waals surface area contributed by atoms with E-state index >= 15 is 0 Å². The van der Waals surface area contributed by atoms with Crippen molar-refractivity contribution in [1.82, 2.24) is 0 Å². The molecule has 3 N–H and O–H groups in total. The third-order valence-electron chi connectivity index (χ3n) is 1.92. The van der Waals surface area contributed by atoms with E-state index in [1.165, 1.54) is 0 Å². The number of halogens is 4. The Kier molecular flexibility index (Phi) is 3.93. The monoisotopic (exact) mass is 250 g/mol. The van der Waals surface area contributed by atoms with Gasteiger partial charge >= 0.3 is 6.18 Å². The molecule has 0 bridgehead atoms. The van der Waals surface area contributed by atoms with Gasteiger partial charge in [0.05, 0.1) is 12.0 Å². The summed E-state index contributed by atoms with van der Waals surface area (Å²) in [7, 11) is 0. The van der Waals surface area contributed by atoms with Crippen molar-refractivity contribution in [3.05, 3.63) is 29.8 Å². The number of benzene rings is 1. The summed E-state index contributed by atoms with van der Waals surface area (Å²) in [5.74, 6) is -0.836. The van der Waals surface area contributed by atoms with Gasteiger partial charge in [-0.15, -0.1) is 0 Å². The van der Waals surface area contributed by atoms with Crippen molar-refractivity contribution in [3.63, 3.8) is 0 Å². The van der Waals surface area contributed by atoms with E-state index in [1.54, 1.807) is 0 Å². The molecule has 1 atom stereocenters. The summed E-state index contributed by atoms with van der Waals surface area (Å²) in [4.78, 5) is 10.4. The van der Waals surface area contributed by atoms with Gasteiger partial charge in [-0.1, -0.05) is 0 Å². The number of rotatable bonds is 4. The highest BCUT2D eigenvalue weighted by atomic mass is 19.4. The number of anilines is 1. The number of hydrogen-bond acceptors (Lipinski definition) is 2. The van der Waals surface area contributed by atoms with Gasteiger partial charge in [-0.3, -0.25) is 4.79 Å². The molecule has 1 aromatic carbocycles. The second-order valence-electron chi connectivity index (χ2n) is 3.36. The van der Waals surface area contributed by atoms with Gasteiger partial charge in [0.15, 0.2) is 6.30 Å². The van der Waals surface area contributed by atoms with Gasteiger partial charge in [0.25, 0.3) is 0 Å². The lowest BCUT2D eigenvalue weighted by Gasteiger charge is -2.11. The lowest BCUT2D eigenvalue weighted by atomic mass is 10.2. The van der Waals surface area contributed by atoms with Crippen molar-refractivity contribution in [1.29, 1.82) is 0 Å². The molecule has 7 heteroatoms. The third kappa shape index (κ3) is 4.29. The average molecular weight is 250 g/mol. The van der Waals surface area contributed by atoms with Gasteiger partial charge in [0.2, 0.25) is 5.91 Å². The Labute approximate surface area is 94.6 Å². The molecule has 17 heavy (non-hydrogen) atoms. The molecular weight excluding hydrogens is 240 g/mol. The van der Waals surface area contributed by atoms with Gasteiger partial charge < -0.3 is 11.1 Å². The molecule has 0 aliphatic heterocycles. The molecule has 0 saturated carbocycles. The van der Waals surface area contributed by atoms with Crippen molar-refractivity contribution >= 4 is 11.6 Å². The smallest absolute Gasteiger partial charge is 0.370 e. The second-order valence-corrected chi connectivity index (χ2v) is 3.36. The molecule has 0 aromatic heterocycles. The minimum atomic E-state index is -4.43. The summed E-state index contributed by atoms with van der Waals surface area (Å²) in [6, 6.07) is 3.80. The van der Waals surface area contributed by atoms with E-state index in [0.29, 0.717) is 0 Å². The SMILES string of the molecule is NC(=O)C[C@H](F)Nc1ccc(C(F)(F)F)cc1. The molecule has 1 amide bonds. The van der Waals surface area contributed by atoms with Crippen molar-refractivity contribution in [3.8, 4) is 0 Å². The average Bonchev–Trinajstić information content (AvgIpc) is 2.15. The molecule has 0 fully saturated rings. The van der Waals surface area contributed by atoms with E-state index in [2.05, 4.69) is 5.32 Å². The molecule has 1 aromatic rings. The number of carbonyl (C=O) groups is 1. The van der Waals surface area contributed by atoms with Crippen LogP contribution in [-0.4, -0.2) is 12.2 Å². The normalized spacial score (nSPS) is 13.2. The van der Waals surface area contributed by atoms with Crippen LogP contribution in [-0.2, 0) is 11.0 Å². The lowest BCUT2D eigenvalue weighted by molar-refractivity contribution is -0.137. The summed E-state index contributed by atoms with van der Waals surface area (Å²) >= 11 is 0. The minimum Gasteiger partial charge on any atom is -0.370 e. The first-order chi connectivity index (χ1) is 7.79. The highest BCUT2D eigenvalue weighted by molar-refractivity contribution is 5.74. The fourth-order valence-electron chi connectivity index (χ4n) is 1.16. The summed E-state index contributed by atoms with van der Waals surface area (Å²) in [5.41, 5.74) is 4.08. The van der Waals surface area contributed by atoms with Gasteiger partial charge in [0.1, 0.15) is 0 Å². The van der Waals surface area contributed by atoms with Gasteiger partial charge in [-0.2, -0.15) is 13.2 Å². The van der Waals surface area contributed by atoms with Crippen molar-refractivity contribution in [2.75, 3.05) is 5.32 Å². The van der Waals surface area contributed by atoms with E-state index in [0.717, 1.165) is 24.3 Å². The van der Waals surface area contributed by atoms with Crippen LogP contribution in [0.4, 0.5) is 23.2 Å². The Morgan fingerprint density at radius 3 is 2.24 bits per heavy atom. The first-order valence-electron chi connectivity index (χ1n) is 4.65. The van der Waals surface area contributed by atoms with Crippen LogP contribution >= 0.6 is 0 Å². The summed E-state index contributed by atoms with van der Waals surface area (Å²) in [6.07, 6.45) is -6.69. The topological polar surface area (TPSA) is 55.1 Å². The van der Waals surface area contributed by atoms with E-state index < -0.39 is 30.4 Å². The Morgan fingerprint density at radius 1 is 1.29 bits per heavy atom. The maximum Gasteiger partial charge on any atom is 0.416 e. The molecule has 0 saturated heterocycles. The Balaban J connectivity index is 2.66. The van der Waals surface area contributed by atoms with Gasteiger partial charge in [-0.25, -0.2) is 4.39 Å². The third-order valence-corrected chi connectivity index (χ3v) is 1.92. The number of amides is 1. The zero-order chi connectivity index (χ0) is 13.1. The van der Waals surface area contributed by atoms with Crippen LogP contribution in [0.2, 0.25) is 0 Å². The molecule has 0 aliphatic carbocycles. The lowest BCUT2D eigenvalue weighted by Crippen LogP contribution is -2.22. The van der Waals surface area contributed by atoms with Crippen LogP contribution in [0.1, 0.15) is 12.0 Å². The van der Waals surface area contributed by atoms with Crippen LogP contribution in [0.5, 0.6) is 0 Å². The van der Waals surface area contributed by atoms with Crippen LogP contribution < -0.4 is 11.1 Å². The van der Waals surface area contributed by atoms with Gasteiger partial charge in [-0.05, 0) is 24.3 Å². The van der Waals surface area contributed by atoms with Crippen LogP contribution in [0.25, 0.3) is 0 Å². The fraction of sp³-hybridized carbons (Fsp3) is 0.300. The summed E-state index contributed by atoms with van der Waals surface area (Å²) < 4.78 is 49.6. The molecule has 0 spiro atoms. The number of nitrogens with one attached hydrogen (secondary N) is 1. The Bertz CT molecular complexity index is 388. The highest BCUT2D eigenvalue weighted by Crippen LogP contribution is 2.29. The molecule has 0 radical (unpaired) electrons. The maximum absolute atomic E-state index is 13.0. The number of hydrogen-bond donors (Lipinski definition) is 2. The predicted octanol–water partition coefficient (Wildman–Crippen LogP) is 2.29. The molecular formula is C10H10F4N2O. The quantitative estimate of drug-likeness (QED) is 0.636. The van der Waals surface area contributed by atoms with E-state index in [-0.39, 0.29) is 5.69 Å². The minimum absolute atomic E-state index is 0.145. The molecule has 0 aliphatic rings. The summed E-state index contributed by atoms with van der Waals surface area (Å²) in [5, 5.41) is 2.22. The molecule has 94 valence electrons. The Hall–Kier alpha value is -1.79. The summed E-state index contributed by atoms with van der Waals surface area (Å²) in [6.45, 7) is 0. The first-order valence-corrected chi connectivity index (χ1v) is 4.65. The number of carbonyl (C=O) groups excluding carboxylic acids is 1. The molecule has 3 nitrogen and oxygen atoms in total. The van der Waals surface area contributed by atoms with E-state index in [4.69, 9.17) is 5.73 Å². The number of primary amides is 1.